The van der Waals surface area contributed by atoms with Gasteiger partial charge in [0.25, 0.3) is 0 Å². The molecule has 0 spiro atoms. The normalized spacial score (nSPS) is 10.9. The Morgan fingerprint density at radius 3 is 1.50 bits per heavy atom. The molecule has 3 aromatic carbocycles. The second kappa shape index (κ2) is 12.1. The number of benzene rings is 3. The molecule has 0 atom stereocenters. The van der Waals surface area contributed by atoms with Crippen LogP contribution in [0.15, 0.2) is 101 Å². The van der Waals surface area contributed by atoms with Crippen molar-refractivity contribution in [2.45, 2.75) is 0 Å². The molecule has 0 saturated carbocycles. The van der Waals surface area contributed by atoms with Gasteiger partial charge in [0.05, 0.1) is 6.21 Å². The number of carbonyl (C=O) groups excluding carboxylic acids is 4. The van der Waals surface area contributed by atoms with Crippen LogP contribution < -0.4 is 21.5 Å². The van der Waals surface area contributed by atoms with Crippen molar-refractivity contribution >= 4 is 46.9 Å². The third-order valence-corrected chi connectivity index (χ3v) is 4.18. The van der Waals surface area contributed by atoms with Gasteiger partial charge in [-0.25, -0.2) is 10.9 Å². The highest BCUT2D eigenvalue weighted by Crippen LogP contribution is 2.05. The molecule has 3 rings (SSSR count). The number of nitrogens with one attached hydrogen (secondary N) is 4. The number of para-hydroxylation sites is 2. The van der Waals surface area contributed by atoms with Crippen molar-refractivity contribution in [3.8, 4) is 0 Å². The van der Waals surface area contributed by atoms with E-state index < -0.39 is 23.6 Å². The number of anilines is 2. The highest BCUT2D eigenvalue weighted by molar-refractivity contribution is 6.42. The van der Waals surface area contributed by atoms with E-state index in [1.807, 2.05) is 0 Å². The Bertz CT molecular complexity index is 1210. The summed E-state index contributed by atoms with van der Waals surface area (Å²) < 4.78 is 0. The molecule has 3 aromatic rings. The highest BCUT2D eigenvalue weighted by atomic mass is 16.2. The number of amides is 4. The van der Waals surface area contributed by atoms with Crippen molar-refractivity contribution in [1.82, 2.24) is 10.9 Å². The zero-order chi connectivity index (χ0) is 24.2. The molecule has 10 heteroatoms. The topological polar surface area (TPSA) is 141 Å². The fraction of sp³-hybridized carbons (Fsp3) is 0. The summed E-state index contributed by atoms with van der Waals surface area (Å²) in [5.74, 6) is -3.83. The van der Waals surface area contributed by atoms with E-state index in [0.29, 0.717) is 16.9 Å². The molecule has 0 bridgehead atoms. The lowest BCUT2D eigenvalue weighted by molar-refractivity contribution is -0.136. The number of rotatable bonds is 6. The SMILES string of the molecule is O=C(N/N=C(\C=N\NC(=O)C(=O)Nc1ccccc1)c1ccccc1)C(=O)Nc1ccccc1. The minimum absolute atomic E-state index is 0.130. The van der Waals surface area contributed by atoms with Gasteiger partial charge in [-0.3, -0.25) is 19.2 Å². The molecule has 170 valence electrons. The van der Waals surface area contributed by atoms with E-state index in [4.69, 9.17) is 0 Å². The number of hydrazone groups is 2. The predicted octanol–water partition coefficient (Wildman–Crippen LogP) is 1.89. The first-order valence-corrected chi connectivity index (χ1v) is 10.0. The molecule has 0 unspecified atom stereocenters. The zero-order valence-electron chi connectivity index (χ0n) is 17.8. The van der Waals surface area contributed by atoms with Crippen LogP contribution in [-0.2, 0) is 19.2 Å². The first kappa shape index (κ1) is 23.5. The summed E-state index contributed by atoms with van der Waals surface area (Å²) in [4.78, 5) is 48.2. The average molecular weight is 456 g/mol. The molecule has 0 saturated heterocycles. The first-order chi connectivity index (χ1) is 16.5. The predicted molar refractivity (Wildman–Crippen MR) is 128 cm³/mol. The van der Waals surface area contributed by atoms with Gasteiger partial charge in [0.1, 0.15) is 5.71 Å². The van der Waals surface area contributed by atoms with Crippen LogP contribution in [0.2, 0.25) is 0 Å². The maximum absolute atomic E-state index is 12.1. The summed E-state index contributed by atoms with van der Waals surface area (Å²) in [6.07, 6.45) is 1.14. The third kappa shape index (κ3) is 7.24. The molecule has 0 aliphatic rings. The van der Waals surface area contributed by atoms with E-state index in [-0.39, 0.29) is 5.71 Å². The summed E-state index contributed by atoms with van der Waals surface area (Å²) in [6, 6.07) is 25.5. The van der Waals surface area contributed by atoms with Crippen LogP contribution >= 0.6 is 0 Å². The molecule has 4 amide bonds. The fourth-order valence-corrected chi connectivity index (χ4v) is 2.56. The Hall–Kier alpha value is -5.12. The van der Waals surface area contributed by atoms with Crippen LogP contribution in [0.5, 0.6) is 0 Å². The van der Waals surface area contributed by atoms with Gasteiger partial charge in [-0.05, 0) is 24.3 Å². The van der Waals surface area contributed by atoms with E-state index in [1.54, 1.807) is 91.0 Å². The van der Waals surface area contributed by atoms with Crippen LogP contribution in [0, 0.1) is 0 Å². The van der Waals surface area contributed by atoms with Gasteiger partial charge in [0.15, 0.2) is 0 Å². The molecular formula is C24H20N6O4. The van der Waals surface area contributed by atoms with Gasteiger partial charge in [0, 0.05) is 16.9 Å². The highest BCUT2D eigenvalue weighted by Gasteiger charge is 2.14. The second-order valence-electron chi connectivity index (χ2n) is 6.64. The average Bonchev–Trinajstić information content (AvgIpc) is 2.87. The molecule has 0 heterocycles. The van der Waals surface area contributed by atoms with Crippen LogP contribution in [-0.4, -0.2) is 35.6 Å². The fourth-order valence-electron chi connectivity index (χ4n) is 2.56. The van der Waals surface area contributed by atoms with Crippen molar-refractivity contribution < 1.29 is 19.2 Å². The van der Waals surface area contributed by atoms with Crippen molar-refractivity contribution in [3.63, 3.8) is 0 Å². The van der Waals surface area contributed by atoms with E-state index in [1.165, 1.54) is 0 Å². The molecule has 0 aliphatic carbocycles. The Labute approximate surface area is 194 Å². The van der Waals surface area contributed by atoms with Crippen LogP contribution in [0.1, 0.15) is 5.56 Å². The molecular weight excluding hydrogens is 436 g/mol. The van der Waals surface area contributed by atoms with Crippen molar-refractivity contribution in [1.29, 1.82) is 0 Å². The minimum Gasteiger partial charge on any atom is -0.318 e. The summed E-state index contributed by atoms with van der Waals surface area (Å²) in [5.41, 5.74) is 5.82. The lowest BCUT2D eigenvalue weighted by atomic mass is 10.1. The first-order valence-electron chi connectivity index (χ1n) is 10.0. The monoisotopic (exact) mass is 456 g/mol. The van der Waals surface area contributed by atoms with E-state index >= 15 is 0 Å². The minimum atomic E-state index is -1.00. The lowest BCUT2D eigenvalue weighted by Gasteiger charge is -2.05. The summed E-state index contributed by atoms with van der Waals surface area (Å²) in [5, 5.41) is 12.5. The molecule has 34 heavy (non-hydrogen) atoms. The van der Waals surface area contributed by atoms with E-state index in [9.17, 15) is 19.2 Å². The number of nitrogens with zero attached hydrogens (tertiary/aromatic N) is 2. The van der Waals surface area contributed by atoms with Gasteiger partial charge in [-0.15, -0.1) is 0 Å². The van der Waals surface area contributed by atoms with Crippen LogP contribution in [0.3, 0.4) is 0 Å². The maximum Gasteiger partial charge on any atom is 0.329 e. The summed E-state index contributed by atoms with van der Waals surface area (Å²) in [6.45, 7) is 0. The number of hydrogen-bond acceptors (Lipinski definition) is 6. The van der Waals surface area contributed by atoms with Crippen LogP contribution in [0.25, 0.3) is 0 Å². The number of carbonyl (C=O) groups is 4. The van der Waals surface area contributed by atoms with Crippen molar-refractivity contribution in [2.24, 2.45) is 10.2 Å². The summed E-state index contributed by atoms with van der Waals surface area (Å²) in [7, 11) is 0. The molecule has 10 nitrogen and oxygen atoms in total. The van der Waals surface area contributed by atoms with Gasteiger partial charge in [-0.2, -0.15) is 10.2 Å². The van der Waals surface area contributed by atoms with Crippen molar-refractivity contribution in [3.05, 3.63) is 96.6 Å². The van der Waals surface area contributed by atoms with E-state index in [0.717, 1.165) is 6.21 Å². The molecule has 0 aromatic heterocycles. The zero-order valence-corrected chi connectivity index (χ0v) is 17.8. The van der Waals surface area contributed by atoms with Gasteiger partial charge in [-0.1, -0.05) is 66.7 Å². The van der Waals surface area contributed by atoms with Gasteiger partial charge < -0.3 is 10.6 Å². The van der Waals surface area contributed by atoms with Gasteiger partial charge in [0.2, 0.25) is 0 Å². The standard InChI is InChI=1S/C24H20N6O4/c31-21(26-18-12-6-2-7-13-18)23(33)29-25-16-20(17-10-4-1-5-11-17)28-30-24(34)22(32)27-19-14-8-3-9-15-19/h1-16H,(H,26,31)(H,27,32)(H,29,33)(H,30,34)/b25-16+,28-20+. The third-order valence-electron chi connectivity index (χ3n) is 4.18. The Morgan fingerprint density at radius 1 is 0.559 bits per heavy atom. The van der Waals surface area contributed by atoms with Crippen LogP contribution in [0.4, 0.5) is 11.4 Å². The lowest BCUT2D eigenvalue weighted by Crippen LogP contribution is -2.34. The molecule has 0 fully saturated rings. The Kier molecular flexibility index (Phi) is 8.35. The Morgan fingerprint density at radius 2 is 1.00 bits per heavy atom. The maximum atomic E-state index is 12.1. The molecule has 0 aliphatic heterocycles. The van der Waals surface area contributed by atoms with Crippen molar-refractivity contribution in [2.75, 3.05) is 10.6 Å². The smallest absolute Gasteiger partial charge is 0.318 e. The quantitative estimate of drug-likeness (QED) is 0.255. The second-order valence-corrected chi connectivity index (χ2v) is 6.64. The molecule has 0 radical (unpaired) electrons. The number of hydrogen-bond donors (Lipinski definition) is 4. The van der Waals surface area contributed by atoms with E-state index in [2.05, 4.69) is 31.7 Å². The largest absolute Gasteiger partial charge is 0.329 e. The molecule has 4 N–H and O–H groups in total. The Balaban J connectivity index is 1.63. The van der Waals surface area contributed by atoms with Gasteiger partial charge >= 0.3 is 23.6 Å². The summed E-state index contributed by atoms with van der Waals surface area (Å²) >= 11 is 0.